The molecule has 0 spiro atoms. The number of halogens is 2. The lowest BCUT2D eigenvalue weighted by Gasteiger charge is -2.36. The molecule has 0 radical (unpaired) electrons. The van der Waals surface area contributed by atoms with Crippen LogP contribution in [0.4, 0.5) is 5.69 Å². The minimum absolute atomic E-state index is 0.0585. The molecule has 6 rings (SSSR count). The molecule has 2 amide bonds. The van der Waals surface area contributed by atoms with E-state index in [9.17, 15) is 9.59 Å². The molecule has 8 atom stereocenters. The molecule has 1 aromatic rings. The van der Waals surface area contributed by atoms with Crippen molar-refractivity contribution in [3.05, 3.63) is 40.4 Å². The van der Waals surface area contributed by atoms with E-state index in [-0.39, 0.29) is 23.7 Å². The third kappa shape index (κ3) is 1.65. The summed E-state index contributed by atoms with van der Waals surface area (Å²) in [4.78, 5) is 27.8. The molecule has 3 saturated carbocycles. The number of carbonyl (C=O) groups is 2. The Labute approximate surface area is 156 Å². The predicted octanol–water partition coefficient (Wildman–Crippen LogP) is 4.19. The first-order valence-corrected chi connectivity index (χ1v) is 9.83. The van der Waals surface area contributed by atoms with Gasteiger partial charge in [0.05, 0.1) is 22.5 Å². The normalized spacial score (nSPS) is 45.6. The van der Waals surface area contributed by atoms with Gasteiger partial charge in [-0.2, -0.15) is 0 Å². The first kappa shape index (κ1) is 14.8. The average Bonchev–Trinajstić information content (AvgIpc) is 3.36. The topological polar surface area (TPSA) is 37.4 Å². The summed E-state index contributed by atoms with van der Waals surface area (Å²) in [5, 5.41) is 0.888. The standard InChI is InChI=1S/C20H17Cl2NO2/c21-10-3-4-13(22)14(6-10)23-19(24)17-11-7-12(18(17)20(23)25)16-9-2-1-8(5-9)15(11)16/h1-4,6,8-9,11-12,15-18H,5,7H2. The minimum atomic E-state index is -0.151. The molecule has 4 aliphatic carbocycles. The van der Waals surface area contributed by atoms with E-state index >= 15 is 0 Å². The monoisotopic (exact) mass is 373 g/mol. The van der Waals surface area contributed by atoms with Gasteiger partial charge in [-0.05, 0) is 66.5 Å². The minimum Gasteiger partial charge on any atom is -0.274 e. The summed E-state index contributed by atoms with van der Waals surface area (Å²) >= 11 is 12.4. The quantitative estimate of drug-likeness (QED) is 0.420. The Morgan fingerprint density at radius 1 is 0.880 bits per heavy atom. The second-order valence-electron chi connectivity index (χ2n) is 8.33. The lowest BCUT2D eigenvalue weighted by atomic mass is 9.65. The zero-order chi connectivity index (χ0) is 17.0. The number of imide groups is 1. The molecule has 3 nitrogen and oxygen atoms in total. The number of anilines is 1. The third-order valence-corrected chi connectivity index (χ3v) is 8.14. The number of fused-ring (bicyclic) bond motifs is 12. The van der Waals surface area contributed by atoms with Gasteiger partial charge in [-0.15, -0.1) is 0 Å². The first-order chi connectivity index (χ1) is 12.1. The molecule has 1 saturated heterocycles. The van der Waals surface area contributed by atoms with E-state index in [0.717, 1.165) is 6.42 Å². The fraction of sp³-hybridized carbons (Fsp3) is 0.500. The van der Waals surface area contributed by atoms with Gasteiger partial charge in [-0.25, -0.2) is 4.90 Å². The summed E-state index contributed by atoms with van der Waals surface area (Å²) in [6.07, 6.45) is 6.99. The van der Waals surface area contributed by atoms with Gasteiger partial charge in [0, 0.05) is 5.02 Å². The van der Waals surface area contributed by atoms with Crippen molar-refractivity contribution in [3.63, 3.8) is 0 Å². The molecule has 8 unspecified atom stereocenters. The van der Waals surface area contributed by atoms with Crippen molar-refractivity contribution in [2.75, 3.05) is 4.90 Å². The highest BCUT2D eigenvalue weighted by Gasteiger charge is 2.71. The fourth-order valence-corrected chi connectivity index (χ4v) is 7.38. The second kappa shape index (κ2) is 4.69. The Kier molecular flexibility index (Phi) is 2.78. The van der Waals surface area contributed by atoms with E-state index in [1.54, 1.807) is 18.2 Å². The zero-order valence-corrected chi connectivity index (χ0v) is 15.0. The van der Waals surface area contributed by atoms with Crippen molar-refractivity contribution in [2.45, 2.75) is 12.8 Å². The van der Waals surface area contributed by atoms with Crippen molar-refractivity contribution in [1.29, 1.82) is 0 Å². The van der Waals surface area contributed by atoms with E-state index in [1.165, 1.54) is 11.3 Å². The Bertz CT molecular complexity index is 823. The highest BCUT2D eigenvalue weighted by atomic mass is 35.5. The summed E-state index contributed by atoms with van der Waals surface area (Å²) in [5.41, 5.74) is 0.448. The number of amides is 2. The maximum atomic E-state index is 13.2. The molecule has 1 heterocycles. The smallest absolute Gasteiger partial charge is 0.238 e. The van der Waals surface area contributed by atoms with Crippen LogP contribution in [-0.4, -0.2) is 11.8 Å². The number of hydrogen-bond acceptors (Lipinski definition) is 2. The van der Waals surface area contributed by atoms with Gasteiger partial charge in [-0.3, -0.25) is 9.59 Å². The van der Waals surface area contributed by atoms with Crippen LogP contribution in [0.2, 0.25) is 10.0 Å². The lowest BCUT2D eigenvalue weighted by molar-refractivity contribution is -0.123. The summed E-state index contributed by atoms with van der Waals surface area (Å²) in [6.45, 7) is 0. The molecule has 5 heteroatoms. The molecule has 128 valence electrons. The highest BCUT2D eigenvalue weighted by molar-refractivity contribution is 6.37. The van der Waals surface area contributed by atoms with Gasteiger partial charge in [0.15, 0.2) is 0 Å². The van der Waals surface area contributed by atoms with E-state index in [2.05, 4.69) is 12.2 Å². The second-order valence-corrected chi connectivity index (χ2v) is 9.17. The third-order valence-electron chi connectivity index (χ3n) is 7.59. The van der Waals surface area contributed by atoms with Crippen molar-refractivity contribution in [1.82, 2.24) is 0 Å². The number of allylic oxidation sites excluding steroid dienone is 2. The van der Waals surface area contributed by atoms with Crippen LogP contribution in [0, 0.1) is 47.3 Å². The Balaban J connectivity index is 1.43. The zero-order valence-electron chi connectivity index (χ0n) is 13.4. The molecule has 0 aromatic heterocycles. The van der Waals surface area contributed by atoms with Crippen LogP contribution in [-0.2, 0) is 9.59 Å². The Morgan fingerprint density at radius 3 is 2.08 bits per heavy atom. The van der Waals surface area contributed by atoms with Crippen LogP contribution in [0.1, 0.15) is 12.8 Å². The number of hydrogen-bond donors (Lipinski definition) is 0. The van der Waals surface area contributed by atoms with Gasteiger partial charge in [0.1, 0.15) is 0 Å². The predicted molar refractivity (Wildman–Crippen MR) is 95.2 cm³/mol. The van der Waals surface area contributed by atoms with Gasteiger partial charge >= 0.3 is 0 Å². The van der Waals surface area contributed by atoms with Crippen molar-refractivity contribution in [2.24, 2.45) is 47.3 Å². The molecule has 1 aromatic carbocycles. The largest absolute Gasteiger partial charge is 0.274 e. The molecular formula is C20H17Cl2NO2. The van der Waals surface area contributed by atoms with Gasteiger partial charge in [0.25, 0.3) is 0 Å². The first-order valence-electron chi connectivity index (χ1n) is 9.07. The van der Waals surface area contributed by atoms with E-state index in [1.807, 2.05) is 0 Å². The molecular weight excluding hydrogens is 357 g/mol. The summed E-state index contributed by atoms with van der Waals surface area (Å²) < 4.78 is 0. The lowest BCUT2D eigenvalue weighted by Crippen LogP contribution is -2.38. The molecule has 0 N–H and O–H groups in total. The molecule has 4 bridgehead atoms. The van der Waals surface area contributed by atoms with Crippen LogP contribution < -0.4 is 4.90 Å². The van der Waals surface area contributed by atoms with Crippen molar-refractivity contribution in [3.8, 4) is 0 Å². The van der Waals surface area contributed by atoms with Crippen molar-refractivity contribution < 1.29 is 9.59 Å². The summed E-state index contributed by atoms with van der Waals surface area (Å²) in [5.74, 6) is 2.76. The maximum absolute atomic E-state index is 13.2. The molecule has 25 heavy (non-hydrogen) atoms. The van der Waals surface area contributed by atoms with E-state index in [0.29, 0.717) is 51.2 Å². The Hall–Kier alpha value is -1.32. The van der Waals surface area contributed by atoms with E-state index in [4.69, 9.17) is 23.2 Å². The average molecular weight is 374 g/mol. The van der Waals surface area contributed by atoms with Crippen LogP contribution in [0.15, 0.2) is 30.4 Å². The van der Waals surface area contributed by atoms with Gasteiger partial charge in [-0.1, -0.05) is 35.4 Å². The van der Waals surface area contributed by atoms with Crippen LogP contribution >= 0.6 is 23.2 Å². The Morgan fingerprint density at radius 2 is 1.48 bits per heavy atom. The van der Waals surface area contributed by atoms with Crippen LogP contribution in [0.5, 0.6) is 0 Å². The molecule has 4 fully saturated rings. The number of rotatable bonds is 1. The molecule has 1 aliphatic heterocycles. The summed E-state index contributed by atoms with van der Waals surface area (Å²) in [7, 11) is 0. The number of benzene rings is 1. The van der Waals surface area contributed by atoms with Crippen molar-refractivity contribution >= 4 is 40.7 Å². The number of carbonyl (C=O) groups excluding carboxylic acids is 2. The maximum Gasteiger partial charge on any atom is 0.238 e. The fourth-order valence-electron chi connectivity index (χ4n) is 7.01. The van der Waals surface area contributed by atoms with E-state index < -0.39 is 0 Å². The van der Waals surface area contributed by atoms with Crippen LogP contribution in [0.3, 0.4) is 0 Å². The highest BCUT2D eigenvalue weighted by Crippen LogP contribution is 2.70. The van der Waals surface area contributed by atoms with Gasteiger partial charge in [0.2, 0.25) is 11.8 Å². The van der Waals surface area contributed by atoms with Gasteiger partial charge < -0.3 is 0 Å². The van der Waals surface area contributed by atoms with Crippen LogP contribution in [0.25, 0.3) is 0 Å². The SMILES string of the molecule is O=C1C2C3CC(C2C(=O)N1c1cc(Cl)ccc1Cl)C1C2C=CC(C2)C31. The summed E-state index contributed by atoms with van der Waals surface area (Å²) in [6, 6.07) is 4.97. The molecule has 5 aliphatic rings. The number of nitrogens with zero attached hydrogens (tertiary/aromatic N) is 1.